The van der Waals surface area contributed by atoms with Crippen molar-refractivity contribution in [2.45, 2.75) is 266 Å². The second kappa shape index (κ2) is 21.8. The van der Waals surface area contributed by atoms with Gasteiger partial charge < -0.3 is 57.0 Å². The van der Waals surface area contributed by atoms with Gasteiger partial charge in [0.15, 0.2) is 22.4 Å². The average Bonchev–Trinajstić information content (AvgIpc) is 3.80. The van der Waals surface area contributed by atoms with Gasteiger partial charge in [0.2, 0.25) is 0 Å². The SMILES string of the molecule is C=C(Br)C[C@H](O)CC[C@@]12C[C@H]3O[C@H]4[C@@H](O1)[C@H]1O[C@@H](CC(=O)C[C@@H]5[C@@H](OC)[C@@H](C[C@@H](CO[Si](C)(C)C(C)(C)C)O[Si](C)(C)C(C)(C)C)O[C@H]5C[C@H]5O[C@@H](CCCO)C[C@@H](C)C5=C)CC[C@@H]1O[C@H]4[C@H]3O2. The van der Waals surface area contributed by atoms with Crippen molar-refractivity contribution in [2.24, 2.45) is 11.8 Å². The molecule has 0 saturated carbocycles. The third-order valence-electron chi connectivity index (χ3n) is 17.5. The van der Waals surface area contributed by atoms with Crippen LogP contribution in [-0.4, -0.2) is 150 Å². The number of hydrogen-bond donors (Lipinski definition) is 2. The number of rotatable bonds is 22. The van der Waals surface area contributed by atoms with Gasteiger partial charge >= 0.3 is 0 Å². The third kappa shape index (κ3) is 12.4. The molecule has 2 N–H and O–H groups in total. The van der Waals surface area contributed by atoms with Crippen LogP contribution in [0.4, 0.5) is 0 Å². The molecule has 0 amide bonds. The van der Waals surface area contributed by atoms with Crippen LogP contribution in [0.25, 0.3) is 0 Å². The van der Waals surface area contributed by atoms with Gasteiger partial charge in [0.25, 0.3) is 0 Å². The number of ether oxygens (including phenoxy) is 8. The molecule has 8 fully saturated rings. The summed E-state index contributed by atoms with van der Waals surface area (Å²) in [6.07, 6.45) is 3.03. The number of methoxy groups -OCH3 is 1. The van der Waals surface area contributed by atoms with E-state index < -0.39 is 40.7 Å². The van der Waals surface area contributed by atoms with Gasteiger partial charge in [-0.25, -0.2) is 0 Å². The van der Waals surface area contributed by atoms with Crippen LogP contribution in [-0.2, 0) is 51.5 Å². The number of carbonyl (C=O) groups is 1. The van der Waals surface area contributed by atoms with Crippen LogP contribution in [0.5, 0.6) is 0 Å². The molecule has 8 aliphatic rings. The van der Waals surface area contributed by atoms with Gasteiger partial charge in [0.1, 0.15) is 36.3 Å². The van der Waals surface area contributed by atoms with Crippen molar-refractivity contribution in [1.82, 2.24) is 0 Å². The monoisotopic (exact) mass is 1060 g/mol. The molecule has 8 saturated heterocycles. The second-order valence-electron chi connectivity index (χ2n) is 24.7. The fourth-order valence-corrected chi connectivity index (χ4v) is 14.3. The summed E-state index contributed by atoms with van der Waals surface area (Å²) in [5.74, 6) is -0.797. The maximum Gasteiger partial charge on any atom is 0.192 e. The van der Waals surface area contributed by atoms with Crippen LogP contribution in [0.15, 0.2) is 23.2 Å². The van der Waals surface area contributed by atoms with E-state index in [-0.39, 0.29) is 120 Å². The molecular formula is C52H89BrO13Si2. The Morgan fingerprint density at radius 1 is 0.882 bits per heavy atom. The molecule has 8 aliphatic heterocycles. The van der Waals surface area contributed by atoms with Gasteiger partial charge in [-0.15, -0.1) is 0 Å². The smallest absolute Gasteiger partial charge is 0.192 e. The fourth-order valence-electron chi connectivity index (χ4n) is 11.5. The van der Waals surface area contributed by atoms with E-state index in [0.29, 0.717) is 58.0 Å². The molecule has 68 heavy (non-hydrogen) atoms. The molecule has 390 valence electrons. The molecule has 0 unspecified atom stereocenters. The van der Waals surface area contributed by atoms with Crippen LogP contribution < -0.4 is 0 Å². The highest BCUT2D eigenvalue weighted by atomic mass is 79.9. The van der Waals surface area contributed by atoms with Crippen LogP contribution in [0.1, 0.15) is 132 Å². The Labute approximate surface area is 419 Å². The minimum atomic E-state index is -2.24. The number of hydrogen-bond acceptors (Lipinski definition) is 13. The van der Waals surface area contributed by atoms with Crippen LogP contribution in [0.3, 0.4) is 0 Å². The molecule has 0 spiro atoms. The molecule has 0 radical (unpaired) electrons. The van der Waals surface area contributed by atoms with Crippen molar-refractivity contribution in [2.75, 3.05) is 20.3 Å². The molecule has 0 aromatic rings. The maximum absolute atomic E-state index is 14.6. The lowest BCUT2D eigenvalue weighted by Gasteiger charge is -2.47. The molecule has 0 aliphatic carbocycles. The number of carbonyl (C=O) groups excluding carboxylic acids is 1. The largest absolute Gasteiger partial charge is 0.414 e. The topological polar surface area (TPSA) is 150 Å². The van der Waals surface area contributed by atoms with E-state index in [0.717, 1.165) is 29.3 Å². The van der Waals surface area contributed by atoms with E-state index in [9.17, 15) is 15.0 Å². The lowest BCUT2D eigenvalue weighted by molar-refractivity contribution is -0.292. The van der Waals surface area contributed by atoms with E-state index >= 15 is 0 Å². The van der Waals surface area contributed by atoms with Crippen molar-refractivity contribution in [1.29, 1.82) is 0 Å². The number of aliphatic hydroxyl groups is 2. The van der Waals surface area contributed by atoms with Gasteiger partial charge in [-0.2, -0.15) is 0 Å². The first-order chi connectivity index (χ1) is 31.7. The predicted molar refractivity (Wildman–Crippen MR) is 270 cm³/mol. The summed E-state index contributed by atoms with van der Waals surface area (Å²) in [5, 5.41) is 20.4. The van der Waals surface area contributed by atoms with E-state index in [2.05, 4.69) is 104 Å². The summed E-state index contributed by atoms with van der Waals surface area (Å²) in [6, 6.07) is 0. The molecule has 13 nitrogen and oxygen atoms in total. The number of fused-ring (bicyclic) bond motifs is 1. The van der Waals surface area contributed by atoms with Crippen LogP contribution in [0.2, 0.25) is 36.3 Å². The zero-order chi connectivity index (χ0) is 49.7. The minimum absolute atomic E-state index is 0.0113. The van der Waals surface area contributed by atoms with Gasteiger partial charge in [-0.3, -0.25) is 4.79 Å². The van der Waals surface area contributed by atoms with E-state index in [1.54, 1.807) is 7.11 Å². The number of halogens is 1. The lowest BCUT2D eigenvalue weighted by Crippen LogP contribution is -2.61. The molecule has 0 aromatic carbocycles. The van der Waals surface area contributed by atoms with Crippen molar-refractivity contribution in [3.63, 3.8) is 0 Å². The molecule has 0 aromatic heterocycles. The lowest BCUT2D eigenvalue weighted by atomic mass is 9.81. The maximum atomic E-state index is 14.6. The Bertz CT molecular complexity index is 1750. The first-order valence-electron chi connectivity index (χ1n) is 26.0. The summed E-state index contributed by atoms with van der Waals surface area (Å²) < 4.78 is 69.0. The molecule has 8 heterocycles. The highest BCUT2D eigenvalue weighted by molar-refractivity contribution is 9.11. The Hall–Kier alpha value is -0.416. The minimum Gasteiger partial charge on any atom is -0.414 e. The molecule has 18 atom stereocenters. The molecular weight excluding hydrogens is 969 g/mol. The normalized spacial score (nSPS) is 39.2. The van der Waals surface area contributed by atoms with Gasteiger partial charge in [0, 0.05) is 64.6 Å². The van der Waals surface area contributed by atoms with Crippen molar-refractivity contribution < 1.29 is 61.8 Å². The molecule has 6 bridgehead atoms. The summed E-state index contributed by atoms with van der Waals surface area (Å²) in [6.45, 7) is 33.9. The predicted octanol–water partition coefficient (Wildman–Crippen LogP) is 9.46. The van der Waals surface area contributed by atoms with Crippen molar-refractivity contribution in [3.05, 3.63) is 23.2 Å². The Kier molecular flexibility index (Phi) is 17.8. The van der Waals surface area contributed by atoms with E-state index in [4.69, 9.17) is 46.7 Å². The van der Waals surface area contributed by atoms with Crippen molar-refractivity contribution >= 4 is 38.3 Å². The quantitative estimate of drug-likeness (QED) is 0.0784. The highest BCUT2D eigenvalue weighted by Crippen LogP contribution is 2.54. The van der Waals surface area contributed by atoms with Gasteiger partial charge in [0.05, 0.1) is 67.6 Å². The summed E-state index contributed by atoms with van der Waals surface area (Å²) in [5.41, 5.74) is 1.05. The van der Waals surface area contributed by atoms with E-state index in [1.165, 1.54) is 0 Å². The standard InChI is InChI=1S/C52H89BrO13Si2/c1-30-22-35(16-15-21-54)59-40(32(30)3)27-41-38(44(57-10)42(61-41)26-37(66-68(13,14)51(7,8)9)29-58-67(11,12)50(4,5)6)25-34(56)24-36-17-18-39-45(60-36)49-48-47(62-39)46-43(63-48)28-52(64-46,65-49)20-19-33(55)23-31(2)53/h30,33,35-49,54-55H,2-3,15-29H2,1,4-14H3/t30-,33-,35+,36-,37+,38+,39+,40-,41+,42-,43-,44-,45+,46+,47+,48-,49+,52+/m1/s1. The van der Waals surface area contributed by atoms with Crippen molar-refractivity contribution in [3.8, 4) is 0 Å². The van der Waals surface area contributed by atoms with E-state index in [1.807, 2.05) is 0 Å². The van der Waals surface area contributed by atoms with Crippen LogP contribution >= 0.6 is 15.9 Å². The van der Waals surface area contributed by atoms with Gasteiger partial charge in [-0.1, -0.05) is 77.6 Å². The highest BCUT2D eigenvalue weighted by Gasteiger charge is 2.68. The summed E-state index contributed by atoms with van der Waals surface area (Å²) in [7, 11) is -2.63. The summed E-state index contributed by atoms with van der Waals surface area (Å²) in [4.78, 5) is 14.6. The zero-order valence-corrected chi connectivity index (χ0v) is 47.2. The third-order valence-corrected chi connectivity index (χ3v) is 26.9. The first-order valence-corrected chi connectivity index (χ1v) is 32.6. The summed E-state index contributed by atoms with van der Waals surface area (Å²) >= 11 is 3.38. The molecule has 16 heteroatoms. The van der Waals surface area contributed by atoms with Gasteiger partial charge in [-0.05, 0) is 90.8 Å². The zero-order valence-electron chi connectivity index (χ0n) is 43.6. The number of Topliss-reactive ketones (excluding diaryl/α,β-unsaturated/α-hetero) is 1. The Morgan fingerprint density at radius 2 is 1.56 bits per heavy atom. The second-order valence-corrected chi connectivity index (χ2v) is 35.4. The number of aliphatic hydroxyl groups excluding tert-OH is 2. The first kappa shape index (κ1) is 55.3. The number of ketones is 1. The molecule has 8 rings (SSSR count). The Balaban J connectivity index is 1.08. The Morgan fingerprint density at radius 3 is 2.22 bits per heavy atom. The fraction of sp³-hybridized carbons (Fsp3) is 0.904. The van der Waals surface area contributed by atoms with Crippen LogP contribution in [0, 0.1) is 11.8 Å². The average molecular weight is 1060 g/mol.